The maximum atomic E-state index is 13.4. The number of aromatic nitrogens is 2. The quantitative estimate of drug-likeness (QED) is 0.509. The van der Waals surface area contributed by atoms with E-state index in [1.54, 1.807) is 23.0 Å². The fraction of sp³-hybridized carbons (Fsp3) is 0.217. The highest BCUT2D eigenvalue weighted by molar-refractivity contribution is 6.42. The second-order valence-corrected chi connectivity index (χ2v) is 8.83. The highest BCUT2D eigenvalue weighted by atomic mass is 35.5. The smallest absolute Gasteiger partial charge is 0.339 e. The number of esters is 1. The van der Waals surface area contributed by atoms with Crippen molar-refractivity contribution in [3.63, 3.8) is 0 Å². The molecule has 1 N–H and O–H groups in total. The van der Waals surface area contributed by atoms with Crippen LogP contribution in [0.4, 0.5) is 5.82 Å². The zero-order chi connectivity index (χ0) is 21.5. The number of hydrogen-bond acceptors (Lipinski definition) is 4. The topological polar surface area (TPSA) is 56.1 Å². The molecule has 0 saturated heterocycles. The predicted octanol–water partition coefficient (Wildman–Crippen LogP) is 5.96. The summed E-state index contributed by atoms with van der Waals surface area (Å²) < 4.78 is 7.54. The summed E-state index contributed by atoms with van der Waals surface area (Å²) in [5.74, 6) is 0.336. The molecule has 0 saturated carbocycles. The first-order chi connectivity index (χ1) is 14.2. The Morgan fingerprint density at radius 1 is 1.07 bits per heavy atom. The van der Waals surface area contributed by atoms with Gasteiger partial charge in [-0.15, -0.1) is 0 Å². The number of rotatable bonds is 3. The van der Waals surface area contributed by atoms with Crippen LogP contribution in [-0.2, 0) is 9.53 Å². The maximum Gasteiger partial charge on any atom is 0.339 e. The lowest BCUT2D eigenvalue weighted by Gasteiger charge is -2.32. The summed E-state index contributed by atoms with van der Waals surface area (Å²) in [7, 11) is 0. The zero-order valence-corrected chi connectivity index (χ0v) is 18.3. The molecule has 7 heteroatoms. The third-order valence-corrected chi connectivity index (χ3v) is 5.39. The molecule has 5 nitrogen and oxygen atoms in total. The molecule has 1 aliphatic heterocycles. The lowest BCUT2D eigenvalue weighted by atomic mass is 9.92. The summed E-state index contributed by atoms with van der Waals surface area (Å²) in [5.41, 5.74) is 2.12. The van der Waals surface area contributed by atoms with Gasteiger partial charge in [-0.2, -0.15) is 5.10 Å². The fourth-order valence-electron chi connectivity index (χ4n) is 3.44. The molecule has 0 bridgehead atoms. The Morgan fingerprint density at radius 3 is 2.47 bits per heavy atom. The van der Waals surface area contributed by atoms with Gasteiger partial charge in [-0.1, -0.05) is 59.6 Å². The van der Waals surface area contributed by atoms with Gasteiger partial charge >= 0.3 is 5.97 Å². The van der Waals surface area contributed by atoms with Crippen LogP contribution in [0.3, 0.4) is 0 Å². The van der Waals surface area contributed by atoms with Crippen molar-refractivity contribution in [3.05, 3.63) is 87.5 Å². The SMILES string of the molecule is CC(C)(C)OC(=O)C1=C(c2ccccc2)Nc2ccnn2C1c1ccc(Cl)c(Cl)c1. The molecule has 2 aromatic carbocycles. The van der Waals surface area contributed by atoms with Gasteiger partial charge in [0.1, 0.15) is 17.5 Å². The summed E-state index contributed by atoms with van der Waals surface area (Å²) >= 11 is 12.5. The molecule has 1 aromatic heterocycles. The van der Waals surface area contributed by atoms with E-state index < -0.39 is 17.6 Å². The summed E-state index contributed by atoms with van der Waals surface area (Å²) in [6.07, 6.45) is 1.69. The molecule has 0 radical (unpaired) electrons. The van der Waals surface area contributed by atoms with Gasteiger partial charge in [0.25, 0.3) is 0 Å². The number of nitrogens with zero attached hydrogens (tertiary/aromatic N) is 2. The number of carbonyl (C=O) groups excluding carboxylic acids is 1. The van der Waals surface area contributed by atoms with Crippen molar-refractivity contribution in [3.8, 4) is 0 Å². The second-order valence-electron chi connectivity index (χ2n) is 8.02. The minimum atomic E-state index is -0.654. The molecular formula is C23H21Cl2N3O2. The molecule has 1 aliphatic rings. The van der Waals surface area contributed by atoms with E-state index in [2.05, 4.69) is 10.4 Å². The Morgan fingerprint density at radius 2 is 1.80 bits per heavy atom. The van der Waals surface area contributed by atoms with Gasteiger partial charge in [0.2, 0.25) is 0 Å². The van der Waals surface area contributed by atoms with Gasteiger partial charge in [0.15, 0.2) is 0 Å². The van der Waals surface area contributed by atoms with Crippen LogP contribution in [0.2, 0.25) is 10.0 Å². The largest absolute Gasteiger partial charge is 0.456 e. The van der Waals surface area contributed by atoms with Crippen molar-refractivity contribution < 1.29 is 9.53 Å². The molecule has 2 heterocycles. The molecule has 0 spiro atoms. The van der Waals surface area contributed by atoms with E-state index >= 15 is 0 Å². The Hall–Kier alpha value is -2.76. The van der Waals surface area contributed by atoms with Crippen LogP contribution in [0.25, 0.3) is 5.70 Å². The number of halogens is 2. The Bertz CT molecular complexity index is 1130. The van der Waals surface area contributed by atoms with E-state index in [0.717, 1.165) is 16.9 Å². The standard InChI is InChI=1S/C23H21Cl2N3O2/c1-23(2,3)30-22(29)19-20(14-7-5-4-6-8-14)27-18-11-12-26-28(18)21(19)15-9-10-16(24)17(25)13-15/h4-13,21,27H,1-3H3. The minimum absolute atomic E-state index is 0.409. The Balaban J connectivity index is 1.96. The van der Waals surface area contributed by atoms with Crippen LogP contribution in [0, 0.1) is 0 Å². The summed E-state index contributed by atoms with van der Waals surface area (Å²) in [5, 5.41) is 8.67. The summed E-state index contributed by atoms with van der Waals surface area (Å²) in [6.45, 7) is 5.53. The van der Waals surface area contributed by atoms with Crippen LogP contribution in [-0.4, -0.2) is 21.4 Å². The molecule has 0 aliphatic carbocycles. The molecule has 4 rings (SSSR count). The van der Waals surface area contributed by atoms with Crippen molar-refractivity contribution in [1.29, 1.82) is 0 Å². The van der Waals surface area contributed by atoms with Crippen molar-refractivity contribution >= 4 is 40.7 Å². The second kappa shape index (κ2) is 7.82. The van der Waals surface area contributed by atoms with Crippen LogP contribution in [0.5, 0.6) is 0 Å². The summed E-state index contributed by atoms with van der Waals surface area (Å²) in [4.78, 5) is 13.4. The summed E-state index contributed by atoms with van der Waals surface area (Å²) in [6, 6.07) is 16.3. The van der Waals surface area contributed by atoms with E-state index in [4.69, 9.17) is 27.9 Å². The fourth-order valence-corrected chi connectivity index (χ4v) is 3.75. The third-order valence-electron chi connectivity index (χ3n) is 4.65. The number of ether oxygens (including phenoxy) is 1. The lowest BCUT2D eigenvalue weighted by Crippen LogP contribution is -2.33. The number of hydrogen-bond donors (Lipinski definition) is 1. The zero-order valence-electron chi connectivity index (χ0n) is 16.8. The monoisotopic (exact) mass is 441 g/mol. The maximum absolute atomic E-state index is 13.4. The van der Waals surface area contributed by atoms with Crippen molar-refractivity contribution in [2.45, 2.75) is 32.4 Å². The van der Waals surface area contributed by atoms with Gasteiger partial charge in [-0.25, -0.2) is 9.48 Å². The molecular weight excluding hydrogens is 421 g/mol. The first-order valence-electron chi connectivity index (χ1n) is 9.53. The number of anilines is 1. The van der Waals surface area contributed by atoms with Gasteiger partial charge < -0.3 is 10.1 Å². The van der Waals surface area contributed by atoms with Gasteiger partial charge in [0, 0.05) is 6.07 Å². The number of nitrogens with one attached hydrogen (secondary N) is 1. The molecule has 3 aromatic rings. The average molecular weight is 442 g/mol. The average Bonchev–Trinajstić information content (AvgIpc) is 3.16. The highest BCUT2D eigenvalue weighted by Gasteiger charge is 2.37. The Labute approximate surface area is 185 Å². The molecule has 1 unspecified atom stereocenters. The van der Waals surface area contributed by atoms with E-state index in [1.807, 2.05) is 63.2 Å². The van der Waals surface area contributed by atoms with Gasteiger partial charge in [-0.3, -0.25) is 0 Å². The van der Waals surface area contributed by atoms with Crippen LogP contribution in [0.1, 0.15) is 37.9 Å². The first-order valence-corrected chi connectivity index (χ1v) is 10.3. The highest BCUT2D eigenvalue weighted by Crippen LogP contribution is 2.41. The van der Waals surface area contributed by atoms with E-state index in [0.29, 0.717) is 21.3 Å². The predicted molar refractivity (Wildman–Crippen MR) is 120 cm³/mol. The van der Waals surface area contributed by atoms with Crippen LogP contribution in [0.15, 0.2) is 66.4 Å². The van der Waals surface area contributed by atoms with Crippen LogP contribution < -0.4 is 5.32 Å². The van der Waals surface area contributed by atoms with Crippen molar-refractivity contribution in [2.75, 3.05) is 5.32 Å². The number of carbonyl (C=O) groups is 1. The molecule has 30 heavy (non-hydrogen) atoms. The minimum Gasteiger partial charge on any atom is -0.456 e. The molecule has 1 atom stereocenters. The van der Waals surface area contributed by atoms with E-state index in [1.165, 1.54) is 0 Å². The van der Waals surface area contributed by atoms with Gasteiger partial charge in [0.05, 0.1) is 27.5 Å². The van der Waals surface area contributed by atoms with E-state index in [9.17, 15) is 4.79 Å². The number of benzene rings is 2. The van der Waals surface area contributed by atoms with Gasteiger partial charge in [-0.05, 0) is 44.0 Å². The van der Waals surface area contributed by atoms with Crippen molar-refractivity contribution in [2.24, 2.45) is 0 Å². The number of fused-ring (bicyclic) bond motifs is 1. The normalized spacial score (nSPS) is 16.1. The van der Waals surface area contributed by atoms with Crippen LogP contribution >= 0.6 is 23.2 Å². The Kier molecular flexibility index (Phi) is 5.35. The molecule has 0 amide bonds. The van der Waals surface area contributed by atoms with E-state index in [-0.39, 0.29) is 0 Å². The first kappa shape index (κ1) is 20.5. The van der Waals surface area contributed by atoms with Crippen molar-refractivity contribution in [1.82, 2.24) is 9.78 Å². The molecule has 0 fully saturated rings. The third kappa shape index (κ3) is 3.95. The lowest BCUT2D eigenvalue weighted by molar-refractivity contribution is -0.150. The molecule has 154 valence electrons.